The second-order valence-electron chi connectivity index (χ2n) is 4.00. The molecule has 0 saturated carbocycles. The van der Waals surface area contributed by atoms with Crippen LogP contribution in [0.2, 0.25) is 0 Å². The molecule has 0 aliphatic carbocycles. The van der Waals surface area contributed by atoms with Gasteiger partial charge in [0.25, 0.3) is 5.84 Å². The van der Waals surface area contributed by atoms with E-state index >= 15 is 0 Å². The molecule has 74 valence electrons. The normalized spacial score (nSPS) is 29.1. The Kier molecular flexibility index (Phi) is 2.41. The van der Waals surface area contributed by atoms with Crippen LogP contribution < -0.4 is 0 Å². The van der Waals surface area contributed by atoms with Crippen LogP contribution in [-0.2, 0) is 0 Å². The molecule has 2 heterocycles. The molecule has 1 atom stereocenters. The first-order valence-corrected chi connectivity index (χ1v) is 5.48. The first-order valence-electron chi connectivity index (χ1n) is 4.68. The molecule has 0 fully saturated rings. The van der Waals surface area contributed by atoms with Crippen LogP contribution in [-0.4, -0.2) is 23.1 Å². The molecule has 2 rings (SSSR count). The third kappa shape index (κ3) is 1.60. The molecule has 4 heteroatoms. The van der Waals surface area contributed by atoms with E-state index in [-0.39, 0.29) is 0 Å². The van der Waals surface area contributed by atoms with E-state index in [9.17, 15) is 0 Å². The molecule has 0 amide bonds. The molecule has 1 unspecified atom stereocenters. The van der Waals surface area contributed by atoms with Crippen molar-refractivity contribution in [1.82, 2.24) is 0 Å². The maximum absolute atomic E-state index is 4.31. The van der Waals surface area contributed by atoms with Crippen LogP contribution in [0, 0.1) is 5.92 Å². The number of fused-ring (bicyclic) bond motifs is 1. The summed E-state index contributed by atoms with van der Waals surface area (Å²) in [5.74, 6) is 1.62. The maximum Gasteiger partial charge on any atom is 0.255 e. The van der Waals surface area contributed by atoms with Gasteiger partial charge in [0.15, 0.2) is 4.61 Å². The van der Waals surface area contributed by atoms with Crippen molar-refractivity contribution in [2.75, 3.05) is 6.54 Å². The smallest absolute Gasteiger partial charge is 0.236 e. The number of hydrogen-bond donors (Lipinski definition) is 0. The number of rotatable bonds is 2. The van der Waals surface area contributed by atoms with Crippen LogP contribution in [0.15, 0.2) is 33.2 Å². The fraction of sp³-hybridized carbons (Fsp3) is 0.400. The molecule has 0 bridgehead atoms. The number of aliphatic imine (C=N–C) groups is 2. The molecule has 0 N–H and O–H groups in total. The minimum Gasteiger partial charge on any atom is -0.236 e. The van der Waals surface area contributed by atoms with Crippen LogP contribution in [0.25, 0.3) is 0 Å². The lowest BCUT2D eigenvalue weighted by Crippen LogP contribution is -2.46. The van der Waals surface area contributed by atoms with Gasteiger partial charge in [0.05, 0.1) is 12.7 Å². The molecular weight excluding hydrogens is 242 g/mol. The molecule has 2 aliphatic heterocycles. The number of hydrogen-bond acceptors (Lipinski definition) is 2. The lowest BCUT2D eigenvalue weighted by atomic mass is 10.2. The molecule has 0 saturated heterocycles. The summed E-state index contributed by atoms with van der Waals surface area (Å²) in [6.45, 7) is 5.45. The van der Waals surface area contributed by atoms with E-state index in [4.69, 9.17) is 0 Å². The van der Waals surface area contributed by atoms with Crippen LogP contribution in [0.1, 0.15) is 13.8 Å². The predicted molar refractivity (Wildman–Crippen MR) is 62.0 cm³/mol. The van der Waals surface area contributed by atoms with Crippen molar-refractivity contribution >= 4 is 28.0 Å². The Hall–Kier alpha value is -0.740. The van der Waals surface area contributed by atoms with E-state index in [0.717, 1.165) is 17.0 Å². The number of halogens is 1. The monoisotopic (exact) mass is 254 g/mol. The zero-order valence-corrected chi connectivity index (χ0v) is 9.90. The fourth-order valence-corrected chi connectivity index (χ4v) is 2.28. The average molecular weight is 255 g/mol. The van der Waals surface area contributed by atoms with Crippen molar-refractivity contribution in [1.29, 1.82) is 0 Å². The van der Waals surface area contributed by atoms with Gasteiger partial charge >= 0.3 is 0 Å². The Morgan fingerprint density at radius 3 is 3.00 bits per heavy atom. The third-order valence-corrected chi connectivity index (χ3v) is 2.68. The number of nitrogens with zero attached hydrogens (tertiary/aromatic N) is 3. The minimum absolute atomic E-state index is 0.617. The van der Waals surface area contributed by atoms with E-state index in [1.807, 2.05) is 12.4 Å². The van der Waals surface area contributed by atoms with Gasteiger partial charge in [-0.25, -0.2) is 9.48 Å². The Morgan fingerprint density at radius 2 is 2.29 bits per heavy atom. The summed E-state index contributed by atoms with van der Waals surface area (Å²) in [6.07, 6.45) is 7.86. The van der Waals surface area contributed by atoms with Gasteiger partial charge < -0.3 is 0 Å². The Labute approximate surface area is 92.3 Å². The van der Waals surface area contributed by atoms with Gasteiger partial charge in [-0.3, -0.25) is 0 Å². The number of quaternary nitrogens is 1. The first-order chi connectivity index (χ1) is 6.62. The van der Waals surface area contributed by atoms with E-state index in [1.54, 1.807) is 0 Å². The van der Waals surface area contributed by atoms with Crippen LogP contribution in [0.5, 0.6) is 0 Å². The molecule has 0 radical (unpaired) electrons. The van der Waals surface area contributed by atoms with Gasteiger partial charge in [0, 0.05) is 5.92 Å². The summed E-state index contributed by atoms with van der Waals surface area (Å²) < 4.78 is 1.57. The van der Waals surface area contributed by atoms with Gasteiger partial charge in [-0.2, -0.15) is 4.99 Å². The summed E-state index contributed by atoms with van der Waals surface area (Å²) in [6, 6.07) is 0. The summed E-state index contributed by atoms with van der Waals surface area (Å²) in [4.78, 5) is 8.50. The van der Waals surface area contributed by atoms with Crippen LogP contribution in [0.3, 0.4) is 0 Å². The summed E-state index contributed by atoms with van der Waals surface area (Å²) in [5, 5.41) is 0. The molecular formula is C10H13BrN3+. The van der Waals surface area contributed by atoms with E-state index in [2.05, 4.69) is 52.2 Å². The maximum atomic E-state index is 4.31. The van der Waals surface area contributed by atoms with Gasteiger partial charge in [0.1, 0.15) is 18.6 Å². The zero-order chi connectivity index (χ0) is 10.2. The second kappa shape index (κ2) is 3.44. The second-order valence-corrected chi connectivity index (χ2v) is 4.81. The summed E-state index contributed by atoms with van der Waals surface area (Å²) in [7, 11) is 0. The summed E-state index contributed by atoms with van der Waals surface area (Å²) >= 11 is 3.41. The average Bonchev–Trinajstić information content (AvgIpc) is 2.44. The lowest BCUT2D eigenvalue weighted by Gasteiger charge is -2.29. The SMILES string of the molecule is CC(C)C[N+]12C=CN=C1C=NC(Br)=C2. The van der Waals surface area contributed by atoms with E-state index in [1.165, 1.54) is 0 Å². The van der Waals surface area contributed by atoms with E-state index < -0.39 is 0 Å². The van der Waals surface area contributed by atoms with Crippen molar-refractivity contribution in [2.24, 2.45) is 15.9 Å². The molecule has 0 aromatic carbocycles. The van der Waals surface area contributed by atoms with Crippen molar-refractivity contribution in [3.8, 4) is 0 Å². The highest BCUT2D eigenvalue weighted by atomic mass is 79.9. The Morgan fingerprint density at radius 1 is 1.50 bits per heavy atom. The standard InChI is InChI=1S/C10H13BrN3/c1-8(2)6-14-4-3-12-10(14)5-13-9(11)7-14/h3-5,7-8H,6H2,1-2H3/q+1. The van der Waals surface area contributed by atoms with Crippen molar-refractivity contribution in [3.05, 3.63) is 23.2 Å². The van der Waals surface area contributed by atoms with Crippen molar-refractivity contribution < 1.29 is 4.48 Å². The van der Waals surface area contributed by atoms with E-state index in [0.29, 0.717) is 10.4 Å². The molecule has 0 aromatic heterocycles. The largest absolute Gasteiger partial charge is 0.255 e. The van der Waals surface area contributed by atoms with Crippen LogP contribution in [0.4, 0.5) is 0 Å². The third-order valence-electron chi connectivity index (χ3n) is 2.27. The highest BCUT2D eigenvalue weighted by Crippen LogP contribution is 2.26. The first kappa shape index (κ1) is 9.80. The predicted octanol–water partition coefficient (Wildman–Crippen LogP) is 2.62. The highest BCUT2D eigenvalue weighted by Gasteiger charge is 2.36. The quantitative estimate of drug-likeness (QED) is 0.535. The van der Waals surface area contributed by atoms with Crippen molar-refractivity contribution in [3.63, 3.8) is 0 Å². The Balaban J connectivity index is 2.36. The molecule has 3 nitrogen and oxygen atoms in total. The minimum atomic E-state index is 0.617. The number of amidine groups is 1. The van der Waals surface area contributed by atoms with Gasteiger partial charge in [-0.1, -0.05) is 13.8 Å². The topological polar surface area (TPSA) is 24.7 Å². The zero-order valence-electron chi connectivity index (χ0n) is 8.31. The lowest BCUT2D eigenvalue weighted by molar-refractivity contribution is -0.731. The summed E-state index contributed by atoms with van der Waals surface area (Å²) in [5.41, 5.74) is 0. The van der Waals surface area contributed by atoms with Gasteiger partial charge in [0.2, 0.25) is 0 Å². The van der Waals surface area contributed by atoms with Gasteiger partial charge in [-0.05, 0) is 15.9 Å². The highest BCUT2D eigenvalue weighted by molar-refractivity contribution is 9.11. The molecule has 0 spiro atoms. The molecule has 14 heavy (non-hydrogen) atoms. The molecule has 2 aliphatic rings. The fourth-order valence-electron chi connectivity index (χ4n) is 1.82. The van der Waals surface area contributed by atoms with Gasteiger partial charge in [-0.15, -0.1) is 0 Å². The van der Waals surface area contributed by atoms with Crippen molar-refractivity contribution in [2.45, 2.75) is 13.8 Å². The van der Waals surface area contributed by atoms with Crippen LogP contribution >= 0.6 is 15.9 Å². The Bertz CT molecular complexity index is 366. The molecule has 0 aromatic rings.